The summed E-state index contributed by atoms with van der Waals surface area (Å²) in [6.07, 6.45) is 0. The van der Waals surface area contributed by atoms with Gasteiger partial charge in [-0.2, -0.15) is 5.26 Å². The van der Waals surface area contributed by atoms with Crippen molar-refractivity contribution in [3.63, 3.8) is 0 Å². The van der Waals surface area contributed by atoms with E-state index in [9.17, 15) is 4.79 Å². The normalized spacial score (nSPS) is 9.81. The molecule has 0 fully saturated rings. The number of carbonyl (C=O) groups excluding carboxylic acids is 1. The number of nitrogens with one attached hydrogen (secondary N) is 1. The number of anilines is 1. The SMILES string of the molecule is COc1c(Cl)cc(Cl)cc1C(=O)Nc1ccccc1C#N. The molecule has 2 rings (SSSR count). The molecular formula is C15H10Cl2N2O2. The average molecular weight is 321 g/mol. The molecule has 0 saturated heterocycles. The molecule has 0 saturated carbocycles. The highest BCUT2D eigenvalue weighted by atomic mass is 35.5. The maximum absolute atomic E-state index is 12.3. The summed E-state index contributed by atoms with van der Waals surface area (Å²) in [4.78, 5) is 12.3. The maximum Gasteiger partial charge on any atom is 0.259 e. The molecule has 4 nitrogen and oxygen atoms in total. The van der Waals surface area contributed by atoms with Crippen LogP contribution in [0.15, 0.2) is 36.4 Å². The van der Waals surface area contributed by atoms with Crippen LogP contribution in [0.25, 0.3) is 0 Å². The Kier molecular flexibility index (Phi) is 4.69. The van der Waals surface area contributed by atoms with Gasteiger partial charge in [0.05, 0.1) is 28.9 Å². The van der Waals surface area contributed by atoms with E-state index in [1.54, 1.807) is 24.3 Å². The van der Waals surface area contributed by atoms with Crippen molar-refractivity contribution < 1.29 is 9.53 Å². The number of halogens is 2. The number of carbonyl (C=O) groups is 1. The first-order valence-electron chi connectivity index (χ1n) is 5.90. The summed E-state index contributed by atoms with van der Waals surface area (Å²) in [5, 5.41) is 12.2. The van der Waals surface area contributed by atoms with E-state index in [1.165, 1.54) is 19.2 Å². The van der Waals surface area contributed by atoms with Gasteiger partial charge in [0.1, 0.15) is 11.8 Å². The van der Waals surface area contributed by atoms with Crippen molar-refractivity contribution in [3.05, 3.63) is 57.6 Å². The standard InChI is InChI=1S/C15H10Cl2N2O2/c1-21-14-11(6-10(16)7-12(14)17)15(20)19-13-5-3-2-4-9(13)8-18/h2-7H,1H3,(H,19,20). The summed E-state index contributed by atoms with van der Waals surface area (Å²) in [7, 11) is 1.41. The van der Waals surface area contributed by atoms with Crippen LogP contribution in [0.2, 0.25) is 10.0 Å². The predicted molar refractivity (Wildman–Crippen MR) is 82.1 cm³/mol. The van der Waals surface area contributed by atoms with E-state index in [1.807, 2.05) is 6.07 Å². The Morgan fingerprint density at radius 3 is 2.67 bits per heavy atom. The Balaban J connectivity index is 2.40. The molecule has 1 N–H and O–H groups in total. The molecule has 2 aromatic carbocycles. The van der Waals surface area contributed by atoms with E-state index in [-0.39, 0.29) is 16.3 Å². The molecule has 0 bridgehead atoms. The van der Waals surface area contributed by atoms with Crippen LogP contribution < -0.4 is 10.1 Å². The first-order chi connectivity index (χ1) is 10.1. The third-order valence-electron chi connectivity index (χ3n) is 2.75. The van der Waals surface area contributed by atoms with Crippen molar-refractivity contribution >= 4 is 34.8 Å². The maximum atomic E-state index is 12.3. The van der Waals surface area contributed by atoms with Gasteiger partial charge in [0.2, 0.25) is 0 Å². The van der Waals surface area contributed by atoms with Crippen molar-refractivity contribution in [1.29, 1.82) is 5.26 Å². The fraction of sp³-hybridized carbons (Fsp3) is 0.0667. The molecule has 0 spiro atoms. The Labute approximate surface area is 131 Å². The molecule has 0 radical (unpaired) electrons. The fourth-order valence-electron chi connectivity index (χ4n) is 1.82. The van der Waals surface area contributed by atoms with Gasteiger partial charge >= 0.3 is 0 Å². The van der Waals surface area contributed by atoms with Crippen LogP contribution in [-0.2, 0) is 0 Å². The summed E-state index contributed by atoms with van der Waals surface area (Å²) in [5.74, 6) is -0.230. The summed E-state index contributed by atoms with van der Waals surface area (Å²) in [6.45, 7) is 0. The zero-order valence-corrected chi connectivity index (χ0v) is 12.5. The highest BCUT2D eigenvalue weighted by Gasteiger charge is 2.17. The zero-order valence-electron chi connectivity index (χ0n) is 11.0. The first kappa shape index (κ1) is 15.2. The minimum absolute atomic E-state index is 0.197. The van der Waals surface area contributed by atoms with Gasteiger partial charge in [-0.15, -0.1) is 0 Å². The predicted octanol–water partition coefficient (Wildman–Crippen LogP) is 4.13. The molecule has 1 amide bonds. The second kappa shape index (κ2) is 6.49. The summed E-state index contributed by atoms with van der Waals surface area (Å²) >= 11 is 11.9. The number of nitriles is 1. The van der Waals surface area contributed by atoms with E-state index >= 15 is 0 Å². The van der Waals surface area contributed by atoms with Gasteiger partial charge in [-0.1, -0.05) is 35.3 Å². The first-order valence-corrected chi connectivity index (χ1v) is 6.66. The molecule has 0 heterocycles. The van der Waals surface area contributed by atoms with Gasteiger partial charge in [-0.25, -0.2) is 0 Å². The zero-order chi connectivity index (χ0) is 15.4. The van der Waals surface area contributed by atoms with Crippen LogP contribution in [-0.4, -0.2) is 13.0 Å². The molecule has 0 unspecified atom stereocenters. The second-order valence-electron chi connectivity index (χ2n) is 4.08. The monoisotopic (exact) mass is 320 g/mol. The third-order valence-corrected chi connectivity index (χ3v) is 3.25. The molecule has 21 heavy (non-hydrogen) atoms. The Morgan fingerprint density at radius 2 is 2.00 bits per heavy atom. The number of amides is 1. The van der Waals surface area contributed by atoms with E-state index < -0.39 is 5.91 Å². The number of nitrogens with zero attached hydrogens (tertiary/aromatic N) is 1. The topological polar surface area (TPSA) is 62.1 Å². The van der Waals surface area contributed by atoms with Crippen LogP contribution in [0.3, 0.4) is 0 Å². The lowest BCUT2D eigenvalue weighted by atomic mass is 10.1. The minimum Gasteiger partial charge on any atom is -0.494 e. The molecule has 0 aliphatic carbocycles. The molecule has 2 aromatic rings. The van der Waals surface area contributed by atoms with E-state index in [0.717, 1.165) is 0 Å². The number of benzene rings is 2. The van der Waals surface area contributed by atoms with Crippen molar-refractivity contribution in [2.45, 2.75) is 0 Å². The minimum atomic E-state index is -0.459. The summed E-state index contributed by atoms with van der Waals surface area (Å²) < 4.78 is 5.13. The molecule has 0 aliphatic heterocycles. The number of hydrogen-bond donors (Lipinski definition) is 1. The van der Waals surface area contributed by atoms with Crippen molar-refractivity contribution in [1.82, 2.24) is 0 Å². The van der Waals surface area contributed by atoms with Gasteiger partial charge in [-0.3, -0.25) is 4.79 Å². The quantitative estimate of drug-likeness (QED) is 0.925. The summed E-state index contributed by atoms with van der Waals surface area (Å²) in [5.41, 5.74) is 0.962. The van der Waals surface area contributed by atoms with Gasteiger partial charge < -0.3 is 10.1 Å². The number of para-hydroxylation sites is 1. The van der Waals surface area contributed by atoms with Crippen LogP contribution in [0.1, 0.15) is 15.9 Å². The lowest BCUT2D eigenvalue weighted by Crippen LogP contribution is -2.14. The molecule has 0 atom stereocenters. The Bertz CT molecular complexity index is 739. The highest BCUT2D eigenvalue weighted by Crippen LogP contribution is 2.32. The lowest BCUT2D eigenvalue weighted by Gasteiger charge is -2.12. The average Bonchev–Trinajstić information content (AvgIpc) is 2.47. The van der Waals surface area contributed by atoms with Crippen molar-refractivity contribution in [3.8, 4) is 11.8 Å². The Morgan fingerprint density at radius 1 is 1.29 bits per heavy atom. The van der Waals surface area contributed by atoms with Gasteiger partial charge in [-0.05, 0) is 24.3 Å². The largest absolute Gasteiger partial charge is 0.494 e. The second-order valence-corrected chi connectivity index (χ2v) is 4.92. The number of methoxy groups -OCH3 is 1. The van der Waals surface area contributed by atoms with Crippen LogP contribution >= 0.6 is 23.2 Å². The van der Waals surface area contributed by atoms with Gasteiger partial charge in [0.15, 0.2) is 0 Å². The summed E-state index contributed by atoms with van der Waals surface area (Å²) in [6, 6.07) is 11.6. The Hall–Kier alpha value is -2.22. The van der Waals surface area contributed by atoms with Gasteiger partial charge in [0, 0.05) is 5.02 Å². The highest BCUT2D eigenvalue weighted by molar-refractivity contribution is 6.36. The molecule has 106 valence electrons. The van der Waals surface area contributed by atoms with Crippen molar-refractivity contribution in [2.24, 2.45) is 0 Å². The molecule has 6 heteroatoms. The van der Waals surface area contributed by atoms with E-state index in [0.29, 0.717) is 16.3 Å². The molecule has 0 aliphatic rings. The third kappa shape index (κ3) is 3.27. The number of ether oxygens (including phenoxy) is 1. The smallest absolute Gasteiger partial charge is 0.259 e. The molecular weight excluding hydrogens is 311 g/mol. The van der Waals surface area contributed by atoms with Crippen LogP contribution in [0.4, 0.5) is 5.69 Å². The van der Waals surface area contributed by atoms with Crippen LogP contribution in [0.5, 0.6) is 5.75 Å². The number of rotatable bonds is 3. The van der Waals surface area contributed by atoms with E-state index in [4.69, 9.17) is 33.2 Å². The van der Waals surface area contributed by atoms with Gasteiger partial charge in [0.25, 0.3) is 5.91 Å². The molecule has 0 aromatic heterocycles. The number of hydrogen-bond acceptors (Lipinski definition) is 3. The van der Waals surface area contributed by atoms with E-state index in [2.05, 4.69) is 5.32 Å². The van der Waals surface area contributed by atoms with Crippen molar-refractivity contribution in [2.75, 3.05) is 12.4 Å². The lowest BCUT2D eigenvalue weighted by molar-refractivity contribution is 0.102. The fourth-order valence-corrected chi connectivity index (χ4v) is 2.39. The van der Waals surface area contributed by atoms with Crippen LogP contribution in [0, 0.1) is 11.3 Å².